The summed E-state index contributed by atoms with van der Waals surface area (Å²) in [6, 6.07) is 5.59. The van der Waals surface area contributed by atoms with E-state index in [0.717, 1.165) is 17.7 Å². The summed E-state index contributed by atoms with van der Waals surface area (Å²) >= 11 is 4.91. The Labute approximate surface area is 116 Å². The molecule has 1 aliphatic rings. The highest BCUT2D eigenvalue weighted by atomic mass is 35.5. The van der Waals surface area contributed by atoms with Gasteiger partial charge in [-0.15, -0.1) is 4.72 Å². The van der Waals surface area contributed by atoms with E-state index in [0.29, 0.717) is 11.6 Å². The van der Waals surface area contributed by atoms with Crippen molar-refractivity contribution in [3.8, 4) is 5.75 Å². The van der Waals surface area contributed by atoms with Crippen molar-refractivity contribution in [2.24, 2.45) is 0 Å². The molecule has 1 unspecified atom stereocenters. The molecule has 0 radical (unpaired) electrons. The number of fused-ring (bicyclic) bond motifs is 1. The van der Waals surface area contributed by atoms with Gasteiger partial charge in [0.15, 0.2) is 0 Å². The Hall–Kier alpha value is -0.420. The summed E-state index contributed by atoms with van der Waals surface area (Å²) in [7, 11) is 0. The first-order valence-corrected chi connectivity index (χ1v) is 7.51. The van der Waals surface area contributed by atoms with Crippen molar-refractivity contribution in [3.05, 3.63) is 28.8 Å². The van der Waals surface area contributed by atoms with Gasteiger partial charge in [0.25, 0.3) is 0 Å². The molecule has 3 nitrogen and oxygen atoms in total. The normalized spacial score (nSPS) is 21.1. The van der Waals surface area contributed by atoms with E-state index in [4.69, 9.17) is 16.3 Å². The molecular formula is C13H18ClNO2S. The molecule has 1 heterocycles. The Morgan fingerprint density at radius 3 is 2.83 bits per heavy atom. The summed E-state index contributed by atoms with van der Waals surface area (Å²) in [6.45, 7) is 6.49. The molecule has 1 aromatic rings. The largest absolute Gasteiger partial charge is 0.598 e. The van der Waals surface area contributed by atoms with Crippen molar-refractivity contribution < 1.29 is 9.29 Å². The molecule has 0 saturated carbocycles. The second-order valence-electron chi connectivity index (χ2n) is 5.37. The van der Waals surface area contributed by atoms with Crippen LogP contribution in [0, 0.1) is 0 Å². The standard InChI is InChI=1S/C13H18ClNO2S/c1-13(2,3)18(16)15-11-6-7-17-12-5-4-9(14)8-10(11)12/h4-5,8,11,15H,6-7H2,1-3H3/t11?,18-/m0/s1. The van der Waals surface area contributed by atoms with Gasteiger partial charge in [-0.05, 0) is 39.0 Å². The van der Waals surface area contributed by atoms with Gasteiger partial charge in [-0.1, -0.05) is 11.6 Å². The average Bonchev–Trinajstić information content (AvgIpc) is 2.28. The van der Waals surface area contributed by atoms with Gasteiger partial charge in [0.2, 0.25) is 0 Å². The Morgan fingerprint density at radius 1 is 1.44 bits per heavy atom. The summed E-state index contributed by atoms with van der Waals surface area (Å²) in [5.74, 6) is 0.828. The molecule has 1 aromatic carbocycles. The topological polar surface area (TPSA) is 44.3 Å². The molecule has 2 atom stereocenters. The molecule has 0 aliphatic carbocycles. The smallest absolute Gasteiger partial charge is 0.136 e. The third-order valence-corrected chi connectivity index (χ3v) is 4.66. The maximum atomic E-state index is 12.2. The van der Waals surface area contributed by atoms with E-state index in [1.165, 1.54) is 0 Å². The number of hydrogen-bond donors (Lipinski definition) is 1. The molecule has 0 amide bonds. The van der Waals surface area contributed by atoms with Crippen LogP contribution in [0.5, 0.6) is 5.75 Å². The summed E-state index contributed by atoms with van der Waals surface area (Å²) < 4.78 is 20.6. The SMILES string of the molecule is CC(C)(C)[S@+]([O-])NC1CCOc2ccc(Cl)cc21. The Balaban J connectivity index is 2.20. The molecule has 0 bridgehead atoms. The van der Waals surface area contributed by atoms with Crippen LogP contribution in [-0.2, 0) is 11.4 Å². The van der Waals surface area contributed by atoms with E-state index in [1.54, 1.807) is 0 Å². The van der Waals surface area contributed by atoms with Crippen molar-refractivity contribution >= 4 is 23.0 Å². The third kappa shape index (κ3) is 3.12. The lowest BCUT2D eigenvalue weighted by Crippen LogP contribution is -2.42. The van der Waals surface area contributed by atoms with Crippen molar-refractivity contribution in [1.29, 1.82) is 0 Å². The van der Waals surface area contributed by atoms with E-state index in [-0.39, 0.29) is 10.8 Å². The van der Waals surface area contributed by atoms with Crippen LogP contribution in [0.4, 0.5) is 0 Å². The zero-order chi connectivity index (χ0) is 13.3. The minimum atomic E-state index is -1.10. The molecular weight excluding hydrogens is 270 g/mol. The van der Waals surface area contributed by atoms with E-state index in [2.05, 4.69) is 4.72 Å². The van der Waals surface area contributed by atoms with E-state index in [9.17, 15) is 4.55 Å². The van der Waals surface area contributed by atoms with Crippen LogP contribution in [0.25, 0.3) is 0 Å². The summed E-state index contributed by atoms with van der Waals surface area (Å²) in [5, 5.41) is 0.674. The van der Waals surface area contributed by atoms with Gasteiger partial charge < -0.3 is 9.29 Å². The summed E-state index contributed by atoms with van der Waals surface area (Å²) in [4.78, 5) is 0. The maximum absolute atomic E-state index is 12.2. The van der Waals surface area contributed by atoms with Crippen molar-refractivity contribution in [2.75, 3.05) is 6.61 Å². The minimum absolute atomic E-state index is 0.0347. The second kappa shape index (κ2) is 5.29. The van der Waals surface area contributed by atoms with Crippen LogP contribution in [-0.4, -0.2) is 15.9 Å². The number of benzene rings is 1. The molecule has 1 aliphatic heterocycles. The Kier molecular flexibility index (Phi) is 4.11. The Morgan fingerprint density at radius 2 is 2.17 bits per heavy atom. The fourth-order valence-electron chi connectivity index (χ4n) is 1.79. The first-order valence-electron chi connectivity index (χ1n) is 5.98. The third-order valence-electron chi connectivity index (χ3n) is 2.82. The highest BCUT2D eigenvalue weighted by molar-refractivity contribution is 7.90. The summed E-state index contributed by atoms with van der Waals surface area (Å²) in [5.41, 5.74) is 0.992. The van der Waals surface area contributed by atoms with Gasteiger partial charge in [-0.2, -0.15) is 0 Å². The van der Waals surface area contributed by atoms with Gasteiger partial charge in [0.1, 0.15) is 10.5 Å². The maximum Gasteiger partial charge on any atom is 0.136 e. The first-order chi connectivity index (χ1) is 8.38. The van der Waals surface area contributed by atoms with Crippen molar-refractivity contribution in [3.63, 3.8) is 0 Å². The number of ether oxygens (including phenoxy) is 1. The molecule has 2 rings (SSSR count). The fraction of sp³-hybridized carbons (Fsp3) is 0.538. The number of hydrogen-bond acceptors (Lipinski definition) is 3. The van der Waals surface area contributed by atoms with Crippen LogP contribution in [0.2, 0.25) is 5.02 Å². The number of nitrogens with one attached hydrogen (secondary N) is 1. The minimum Gasteiger partial charge on any atom is -0.598 e. The molecule has 100 valence electrons. The van der Waals surface area contributed by atoms with Crippen LogP contribution >= 0.6 is 11.6 Å². The first kappa shape index (κ1) is 14.0. The zero-order valence-corrected chi connectivity index (χ0v) is 12.4. The van der Waals surface area contributed by atoms with Crippen LogP contribution in [0.1, 0.15) is 38.8 Å². The summed E-state index contributed by atoms with van der Waals surface area (Å²) in [6.07, 6.45) is 0.801. The van der Waals surface area contributed by atoms with Gasteiger partial charge in [0, 0.05) is 28.4 Å². The lowest BCUT2D eigenvalue weighted by Gasteiger charge is -2.31. The highest BCUT2D eigenvalue weighted by Gasteiger charge is 2.32. The average molecular weight is 288 g/mol. The molecule has 1 N–H and O–H groups in total. The van der Waals surface area contributed by atoms with Crippen LogP contribution in [0.15, 0.2) is 18.2 Å². The lowest BCUT2D eigenvalue weighted by atomic mass is 10.0. The lowest BCUT2D eigenvalue weighted by molar-refractivity contribution is 0.262. The van der Waals surface area contributed by atoms with Gasteiger partial charge in [0.05, 0.1) is 12.6 Å². The quantitative estimate of drug-likeness (QED) is 0.850. The van der Waals surface area contributed by atoms with Crippen molar-refractivity contribution in [1.82, 2.24) is 4.72 Å². The molecule has 0 fully saturated rings. The monoisotopic (exact) mass is 287 g/mol. The van der Waals surface area contributed by atoms with Gasteiger partial charge in [-0.25, -0.2) is 0 Å². The van der Waals surface area contributed by atoms with Gasteiger partial charge >= 0.3 is 0 Å². The van der Waals surface area contributed by atoms with E-state index in [1.807, 2.05) is 39.0 Å². The molecule has 5 heteroatoms. The number of rotatable bonds is 2. The van der Waals surface area contributed by atoms with Gasteiger partial charge in [-0.3, -0.25) is 0 Å². The fourth-order valence-corrected chi connectivity index (χ4v) is 2.83. The Bertz CT molecular complexity index is 433. The van der Waals surface area contributed by atoms with E-state index >= 15 is 0 Å². The van der Waals surface area contributed by atoms with E-state index < -0.39 is 11.4 Å². The van der Waals surface area contributed by atoms with Crippen LogP contribution in [0.3, 0.4) is 0 Å². The molecule has 18 heavy (non-hydrogen) atoms. The molecule has 0 spiro atoms. The molecule has 0 aromatic heterocycles. The highest BCUT2D eigenvalue weighted by Crippen LogP contribution is 2.35. The predicted molar refractivity (Wildman–Crippen MR) is 75.3 cm³/mol. The number of halogens is 1. The molecule has 0 saturated heterocycles. The van der Waals surface area contributed by atoms with Crippen LogP contribution < -0.4 is 9.46 Å². The van der Waals surface area contributed by atoms with Crippen molar-refractivity contribution in [2.45, 2.75) is 38.0 Å². The zero-order valence-electron chi connectivity index (χ0n) is 10.8. The second-order valence-corrected chi connectivity index (χ2v) is 7.81. The predicted octanol–water partition coefficient (Wildman–Crippen LogP) is 3.22.